The summed E-state index contributed by atoms with van der Waals surface area (Å²) in [5.74, 6) is 0. The van der Waals surface area contributed by atoms with Crippen molar-refractivity contribution in [1.29, 1.82) is 0 Å². The minimum atomic E-state index is -0.683. The summed E-state index contributed by atoms with van der Waals surface area (Å²) >= 11 is 4.87. The lowest BCUT2D eigenvalue weighted by molar-refractivity contribution is 0.0296. The maximum Gasteiger partial charge on any atom is 0.413 e. The van der Waals surface area contributed by atoms with Gasteiger partial charge in [-0.25, -0.2) is 4.79 Å². The van der Waals surface area contributed by atoms with Crippen LogP contribution in [0.3, 0.4) is 0 Å². The molecule has 8 heteroatoms. The quantitative estimate of drug-likeness (QED) is 0.491. The van der Waals surface area contributed by atoms with Gasteiger partial charge in [0.25, 0.3) is 0 Å². The molecule has 0 aliphatic carbocycles. The maximum atomic E-state index is 11.1. The lowest BCUT2D eigenvalue weighted by Gasteiger charge is -2.15. The molecule has 0 aromatic heterocycles. The van der Waals surface area contributed by atoms with Gasteiger partial charge in [0.1, 0.15) is 5.69 Å². The third kappa shape index (κ3) is 4.17. The Hall–Kier alpha value is -1.90. The van der Waals surface area contributed by atoms with Gasteiger partial charge in [-0.2, -0.15) is 0 Å². The van der Waals surface area contributed by atoms with Gasteiger partial charge in [-0.3, -0.25) is 15.7 Å². The minimum Gasteiger partial charge on any atom is -0.450 e. The van der Waals surface area contributed by atoms with Gasteiger partial charge in [-0.15, -0.1) is 5.23 Å². The van der Waals surface area contributed by atoms with Crippen LogP contribution in [0, 0.1) is 0 Å². The average Bonchev–Trinajstić information content (AvgIpc) is 2.29. The number of carbonyl (C=O) groups is 1. The van der Waals surface area contributed by atoms with Crippen molar-refractivity contribution in [2.24, 2.45) is 0 Å². The number of para-hydroxylation sites is 2. The van der Waals surface area contributed by atoms with Crippen LogP contribution >= 0.6 is 12.2 Å². The van der Waals surface area contributed by atoms with Gasteiger partial charge in [-0.1, -0.05) is 12.1 Å². The molecule has 0 heterocycles. The number of thiocarbonyl (C=S) groups is 1. The highest BCUT2D eigenvalue weighted by molar-refractivity contribution is 7.80. The molecule has 0 fully saturated rings. The molecule has 18 heavy (non-hydrogen) atoms. The van der Waals surface area contributed by atoms with Gasteiger partial charge in [0, 0.05) is 0 Å². The van der Waals surface area contributed by atoms with E-state index >= 15 is 0 Å². The smallest absolute Gasteiger partial charge is 0.413 e. The number of hydrogen-bond donors (Lipinski definition) is 4. The first-order valence-electron chi connectivity index (χ1n) is 5.06. The first-order chi connectivity index (χ1) is 8.54. The van der Waals surface area contributed by atoms with Crippen LogP contribution in [0.25, 0.3) is 0 Å². The predicted octanol–water partition coefficient (Wildman–Crippen LogP) is 1.71. The fourth-order valence-corrected chi connectivity index (χ4v) is 1.36. The van der Waals surface area contributed by atoms with Crippen molar-refractivity contribution >= 4 is 34.8 Å². The Morgan fingerprint density at radius 3 is 2.72 bits per heavy atom. The molecule has 1 aromatic carbocycles. The topological polar surface area (TPSA) is 94.1 Å². The third-order valence-electron chi connectivity index (χ3n) is 1.86. The van der Waals surface area contributed by atoms with Gasteiger partial charge >= 0.3 is 6.09 Å². The number of nitrogens with one attached hydrogen (secondary N) is 2. The molecule has 0 atom stereocenters. The van der Waals surface area contributed by atoms with E-state index in [0.717, 1.165) is 0 Å². The van der Waals surface area contributed by atoms with Crippen molar-refractivity contribution in [3.63, 3.8) is 0 Å². The summed E-state index contributed by atoms with van der Waals surface area (Å²) in [5, 5.41) is 22.8. The Balaban J connectivity index is 2.67. The van der Waals surface area contributed by atoms with E-state index < -0.39 is 6.09 Å². The highest BCUT2D eigenvalue weighted by Gasteiger charge is 2.09. The van der Waals surface area contributed by atoms with E-state index in [1.807, 2.05) is 0 Å². The fraction of sp³-hybridized carbons (Fsp3) is 0.200. The molecule has 98 valence electrons. The molecule has 7 nitrogen and oxygen atoms in total. The van der Waals surface area contributed by atoms with Crippen LogP contribution in [-0.2, 0) is 4.74 Å². The SMILES string of the molecule is CCOC(=O)NC(=S)Nc1ccccc1N(O)O. The number of hydrogen-bond acceptors (Lipinski definition) is 6. The predicted molar refractivity (Wildman–Crippen MR) is 68.9 cm³/mol. The standard InChI is InChI=1S/C10H13N3O4S/c1-2-17-10(14)12-9(18)11-7-5-3-4-6-8(7)13(15)16/h3-6,15-16H,2H2,1H3,(H2,11,12,14,18). The molecule has 0 aliphatic heterocycles. The van der Waals surface area contributed by atoms with E-state index in [-0.39, 0.29) is 22.6 Å². The van der Waals surface area contributed by atoms with E-state index in [0.29, 0.717) is 5.69 Å². The molecule has 0 saturated heterocycles. The van der Waals surface area contributed by atoms with Crippen LogP contribution < -0.4 is 15.9 Å². The van der Waals surface area contributed by atoms with Crippen LogP contribution in [0.4, 0.5) is 16.2 Å². The van der Waals surface area contributed by atoms with Crippen molar-refractivity contribution in [3.05, 3.63) is 24.3 Å². The minimum absolute atomic E-state index is 0.0113. The summed E-state index contributed by atoms with van der Waals surface area (Å²) in [4.78, 5) is 11.1. The first kappa shape index (κ1) is 14.2. The molecule has 0 unspecified atom stereocenters. The summed E-state index contributed by atoms with van der Waals surface area (Å²) in [6, 6.07) is 6.30. The largest absolute Gasteiger partial charge is 0.450 e. The normalized spacial score (nSPS) is 9.50. The molecule has 0 bridgehead atoms. The fourth-order valence-electron chi connectivity index (χ4n) is 1.17. The number of amides is 1. The van der Waals surface area contributed by atoms with Gasteiger partial charge in [0.15, 0.2) is 5.11 Å². The van der Waals surface area contributed by atoms with Crippen molar-refractivity contribution in [1.82, 2.24) is 5.32 Å². The van der Waals surface area contributed by atoms with Crippen molar-refractivity contribution in [3.8, 4) is 0 Å². The number of rotatable bonds is 3. The van der Waals surface area contributed by atoms with Crippen LogP contribution in [0.15, 0.2) is 24.3 Å². The van der Waals surface area contributed by atoms with Crippen LogP contribution in [0.5, 0.6) is 0 Å². The number of nitrogens with zero attached hydrogens (tertiary/aromatic N) is 1. The zero-order valence-corrected chi connectivity index (χ0v) is 10.4. The second kappa shape index (κ2) is 6.74. The van der Waals surface area contributed by atoms with Crippen molar-refractivity contribution < 1.29 is 19.9 Å². The van der Waals surface area contributed by atoms with Crippen molar-refractivity contribution in [2.45, 2.75) is 6.92 Å². The summed E-state index contributed by atoms with van der Waals surface area (Å²) in [6.45, 7) is 1.90. The average molecular weight is 271 g/mol. The second-order valence-corrected chi connectivity index (χ2v) is 3.51. The van der Waals surface area contributed by atoms with Crippen LogP contribution in [0.2, 0.25) is 0 Å². The number of anilines is 2. The van der Waals surface area contributed by atoms with E-state index in [9.17, 15) is 4.79 Å². The molecular formula is C10H13N3O4S. The van der Waals surface area contributed by atoms with Crippen LogP contribution in [-0.4, -0.2) is 28.2 Å². The van der Waals surface area contributed by atoms with Crippen molar-refractivity contribution in [2.75, 3.05) is 17.2 Å². The lowest BCUT2D eigenvalue weighted by Crippen LogP contribution is -2.34. The van der Waals surface area contributed by atoms with Gasteiger partial charge < -0.3 is 10.1 Å². The van der Waals surface area contributed by atoms with E-state index in [2.05, 4.69) is 15.4 Å². The van der Waals surface area contributed by atoms with Gasteiger partial charge in [0.2, 0.25) is 0 Å². The third-order valence-corrected chi connectivity index (χ3v) is 2.06. The first-order valence-corrected chi connectivity index (χ1v) is 5.47. The highest BCUT2D eigenvalue weighted by atomic mass is 32.1. The van der Waals surface area contributed by atoms with E-state index in [1.165, 1.54) is 6.07 Å². The molecule has 1 aromatic rings. The maximum absolute atomic E-state index is 11.1. The number of carbonyl (C=O) groups excluding carboxylic acids is 1. The molecule has 0 radical (unpaired) electrons. The summed E-state index contributed by atoms with van der Waals surface area (Å²) in [5.41, 5.74) is 0.412. The molecular weight excluding hydrogens is 258 g/mol. The molecule has 0 aliphatic rings. The molecule has 1 amide bonds. The Morgan fingerprint density at radius 1 is 1.44 bits per heavy atom. The lowest BCUT2D eigenvalue weighted by atomic mass is 10.3. The Bertz CT molecular complexity index is 439. The highest BCUT2D eigenvalue weighted by Crippen LogP contribution is 2.22. The van der Waals surface area contributed by atoms with E-state index in [4.69, 9.17) is 22.6 Å². The molecule has 4 N–H and O–H groups in total. The Morgan fingerprint density at radius 2 is 2.11 bits per heavy atom. The second-order valence-electron chi connectivity index (χ2n) is 3.11. The number of alkyl carbamates (subject to hydrolysis) is 1. The van der Waals surface area contributed by atoms with Crippen LogP contribution in [0.1, 0.15) is 6.92 Å². The zero-order chi connectivity index (χ0) is 13.5. The molecule has 1 rings (SSSR count). The summed E-state index contributed by atoms with van der Waals surface area (Å²) < 4.78 is 4.64. The monoisotopic (exact) mass is 271 g/mol. The summed E-state index contributed by atoms with van der Waals surface area (Å²) in [7, 11) is 0. The number of ether oxygens (including phenoxy) is 1. The Labute approximate surface area is 109 Å². The number of benzene rings is 1. The van der Waals surface area contributed by atoms with Gasteiger partial charge in [0.05, 0.1) is 12.3 Å². The Kier molecular flexibility index (Phi) is 5.31. The van der Waals surface area contributed by atoms with Gasteiger partial charge in [-0.05, 0) is 31.3 Å². The van der Waals surface area contributed by atoms with E-state index in [1.54, 1.807) is 25.1 Å². The molecule has 0 spiro atoms. The summed E-state index contributed by atoms with van der Waals surface area (Å²) in [6.07, 6.45) is -0.683. The zero-order valence-electron chi connectivity index (χ0n) is 9.58. The molecule has 0 saturated carbocycles.